The summed E-state index contributed by atoms with van der Waals surface area (Å²) in [6.45, 7) is 0. The second-order valence-electron chi connectivity index (χ2n) is 4.17. The Balaban J connectivity index is 2.29. The molecule has 0 radical (unpaired) electrons. The number of hydrogen-bond acceptors (Lipinski definition) is 5. The molecule has 2 rings (SSSR count). The third-order valence-electron chi connectivity index (χ3n) is 2.56. The number of nitrogens with one attached hydrogen (secondary N) is 1. The molecule has 0 fully saturated rings. The van der Waals surface area contributed by atoms with E-state index in [-0.39, 0.29) is 21.2 Å². The molecule has 9 heteroatoms. The van der Waals surface area contributed by atoms with E-state index in [2.05, 4.69) is 4.72 Å². The van der Waals surface area contributed by atoms with Crippen LogP contribution in [0.5, 0.6) is 5.75 Å². The van der Waals surface area contributed by atoms with E-state index in [0.717, 1.165) is 6.07 Å². The summed E-state index contributed by atoms with van der Waals surface area (Å²) in [5, 5.41) is 14.2. The van der Waals surface area contributed by atoms with E-state index in [9.17, 15) is 21.9 Å². The summed E-state index contributed by atoms with van der Waals surface area (Å²) in [7, 11) is -7.71. The number of rotatable bonds is 4. The molecule has 0 bridgehead atoms. The van der Waals surface area contributed by atoms with Crippen LogP contribution in [0.25, 0.3) is 0 Å². The average molecular weight is 328 g/mol. The smallest absolute Gasteiger partial charge is 0.262 e. The number of primary sulfonamides is 1. The molecule has 0 heterocycles. The lowest BCUT2D eigenvalue weighted by Crippen LogP contribution is -2.14. The Morgan fingerprint density at radius 3 is 2.05 bits per heavy atom. The summed E-state index contributed by atoms with van der Waals surface area (Å²) >= 11 is 0. The average Bonchev–Trinajstić information content (AvgIpc) is 2.38. The Morgan fingerprint density at radius 2 is 1.52 bits per heavy atom. The van der Waals surface area contributed by atoms with Crippen LogP contribution in [0.15, 0.2) is 58.3 Å². The van der Waals surface area contributed by atoms with Gasteiger partial charge in [-0.25, -0.2) is 22.0 Å². The second kappa shape index (κ2) is 5.35. The minimum atomic E-state index is -3.87. The van der Waals surface area contributed by atoms with E-state index in [1.165, 1.54) is 42.5 Å². The number of benzene rings is 2. The Hall–Kier alpha value is -2.10. The Morgan fingerprint density at radius 1 is 0.905 bits per heavy atom. The van der Waals surface area contributed by atoms with Gasteiger partial charge in [0.25, 0.3) is 10.0 Å². The zero-order chi connectivity index (χ0) is 15.7. The molecule has 0 amide bonds. The van der Waals surface area contributed by atoms with E-state index in [0.29, 0.717) is 0 Å². The summed E-state index contributed by atoms with van der Waals surface area (Å²) in [6.07, 6.45) is 0. The van der Waals surface area contributed by atoms with Crippen LogP contribution in [0.3, 0.4) is 0 Å². The molecular formula is C12H12N2O5S2. The number of sulfonamides is 2. The van der Waals surface area contributed by atoms with Crippen molar-refractivity contribution in [3.05, 3.63) is 48.5 Å². The minimum Gasteiger partial charge on any atom is -0.508 e. The monoisotopic (exact) mass is 328 g/mol. The standard InChI is InChI=1S/C12H12N2O5S2/c13-20(16,17)11-6-4-9(5-7-11)14-21(18,19)12-3-1-2-10(15)8-12/h1-8,14-15H,(H2,13,16,17). The van der Waals surface area contributed by atoms with Crippen LogP contribution in [-0.2, 0) is 20.0 Å². The van der Waals surface area contributed by atoms with Gasteiger partial charge in [-0.2, -0.15) is 0 Å². The highest BCUT2D eigenvalue weighted by atomic mass is 32.2. The first kappa shape index (κ1) is 15.3. The lowest BCUT2D eigenvalue weighted by atomic mass is 10.3. The van der Waals surface area contributed by atoms with Gasteiger partial charge >= 0.3 is 0 Å². The number of hydrogen-bond donors (Lipinski definition) is 3. The molecule has 0 aliphatic rings. The lowest BCUT2D eigenvalue weighted by molar-refractivity contribution is 0.473. The van der Waals surface area contributed by atoms with Crippen LogP contribution >= 0.6 is 0 Å². The number of aromatic hydroxyl groups is 1. The predicted octanol–water partition coefficient (Wildman–Crippen LogP) is 0.840. The molecule has 0 aromatic heterocycles. The first-order chi connectivity index (χ1) is 9.68. The quantitative estimate of drug-likeness (QED) is 0.766. The van der Waals surface area contributed by atoms with Gasteiger partial charge in [-0.05, 0) is 36.4 Å². The van der Waals surface area contributed by atoms with E-state index in [4.69, 9.17) is 5.14 Å². The maximum absolute atomic E-state index is 12.1. The van der Waals surface area contributed by atoms with Crippen molar-refractivity contribution < 1.29 is 21.9 Å². The molecule has 2 aromatic carbocycles. The third kappa shape index (κ3) is 3.72. The van der Waals surface area contributed by atoms with Gasteiger partial charge in [0, 0.05) is 11.8 Å². The SMILES string of the molecule is NS(=O)(=O)c1ccc(NS(=O)(=O)c2cccc(O)c2)cc1. The van der Waals surface area contributed by atoms with Gasteiger partial charge in [0.2, 0.25) is 10.0 Å². The fraction of sp³-hybridized carbons (Fsp3) is 0. The lowest BCUT2D eigenvalue weighted by Gasteiger charge is -2.08. The molecule has 0 aliphatic heterocycles. The molecule has 7 nitrogen and oxygen atoms in total. The highest BCUT2D eigenvalue weighted by Crippen LogP contribution is 2.20. The van der Waals surface area contributed by atoms with Gasteiger partial charge in [-0.15, -0.1) is 0 Å². The maximum Gasteiger partial charge on any atom is 0.262 e. The molecule has 0 atom stereocenters. The van der Waals surface area contributed by atoms with Crippen molar-refractivity contribution in [2.75, 3.05) is 4.72 Å². The molecule has 0 spiro atoms. The second-order valence-corrected chi connectivity index (χ2v) is 7.42. The molecule has 2 aromatic rings. The first-order valence-electron chi connectivity index (χ1n) is 5.63. The van der Waals surface area contributed by atoms with Crippen molar-refractivity contribution in [3.8, 4) is 5.75 Å². The molecular weight excluding hydrogens is 316 g/mol. The Labute approximate surface area is 122 Å². The van der Waals surface area contributed by atoms with Gasteiger partial charge in [0.1, 0.15) is 5.75 Å². The summed E-state index contributed by atoms with van der Waals surface area (Å²) in [5.74, 6) is -0.178. The molecule has 0 saturated carbocycles. The largest absolute Gasteiger partial charge is 0.508 e. The number of nitrogens with two attached hydrogens (primary N) is 1. The zero-order valence-corrected chi connectivity index (χ0v) is 12.2. The summed E-state index contributed by atoms with van der Waals surface area (Å²) in [5.41, 5.74) is 0.172. The normalized spacial score (nSPS) is 12.0. The summed E-state index contributed by atoms with van der Waals surface area (Å²) in [4.78, 5) is -0.235. The molecule has 4 N–H and O–H groups in total. The highest BCUT2D eigenvalue weighted by molar-refractivity contribution is 7.92. The topological polar surface area (TPSA) is 127 Å². The van der Waals surface area contributed by atoms with Crippen LogP contribution in [0.1, 0.15) is 0 Å². The Bertz CT molecular complexity index is 859. The van der Waals surface area contributed by atoms with Crippen molar-refractivity contribution in [3.63, 3.8) is 0 Å². The van der Waals surface area contributed by atoms with Crippen molar-refractivity contribution in [1.29, 1.82) is 0 Å². The number of phenols is 1. The predicted molar refractivity (Wildman–Crippen MR) is 76.7 cm³/mol. The molecule has 112 valence electrons. The van der Waals surface area contributed by atoms with Crippen LogP contribution < -0.4 is 9.86 Å². The fourth-order valence-electron chi connectivity index (χ4n) is 1.58. The summed E-state index contributed by atoms with van der Waals surface area (Å²) in [6, 6.07) is 10.1. The van der Waals surface area contributed by atoms with E-state index < -0.39 is 20.0 Å². The van der Waals surface area contributed by atoms with Gasteiger partial charge in [-0.3, -0.25) is 4.72 Å². The van der Waals surface area contributed by atoms with Gasteiger partial charge in [0.15, 0.2) is 0 Å². The van der Waals surface area contributed by atoms with Crippen molar-refractivity contribution in [2.45, 2.75) is 9.79 Å². The number of phenolic OH excluding ortho intramolecular Hbond substituents is 1. The molecule has 0 aliphatic carbocycles. The minimum absolute atomic E-state index is 0.113. The van der Waals surface area contributed by atoms with Crippen LogP contribution in [0.2, 0.25) is 0 Å². The van der Waals surface area contributed by atoms with Crippen molar-refractivity contribution in [1.82, 2.24) is 0 Å². The van der Waals surface area contributed by atoms with E-state index in [1.807, 2.05) is 0 Å². The fourth-order valence-corrected chi connectivity index (χ4v) is 3.19. The van der Waals surface area contributed by atoms with E-state index >= 15 is 0 Å². The summed E-state index contributed by atoms with van der Waals surface area (Å²) < 4.78 is 48.6. The molecule has 21 heavy (non-hydrogen) atoms. The van der Waals surface area contributed by atoms with Crippen molar-refractivity contribution in [2.24, 2.45) is 5.14 Å². The Kier molecular flexibility index (Phi) is 3.90. The van der Waals surface area contributed by atoms with Gasteiger partial charge < -0.3 is 5.11 Å². The zero-order valence-electron chi connectivity index (χ0n) is 10.6. The van der Waals surface area contributed by atoms with Crippen LogP contribution in [-0.4, -0.2) is 21.9 Å². The number of anilines is 1. The highest BCUT2D eigenvalue weighted by Gasteiger charge is 2.15. The first-order valence-corrected chi connectivity index (χ1v) is 8.66. The third-order valence-corrected chi connectivity index (χ3v) is 4.87. The maximum atomic E-state index is 12.1. The van der Waals surface area contributed by atoms with Crippen molar-refractivity contribution >= 4 is 25.7 Å². The molecule has 0 unspecified atom stereocenters. The van der Waals surface area contributed by atoms with Gasteiger partial charge in [-0.1, -0.05) is 6.07 Å². The van der Waals surface area contributed by atoms with Crippen LogP contribution in [0.4, 0.5) is 5.69 Å². The van der Waals surface area contributed by atoms with Gasteiger partial charge in [0.05, 0.1) is 9.79 Å². The molecule has 0 saturated heterocycles. The van der Waals surface area contributed by atoms with E-state index in [1.54, 1.807) is 0 Å². The van der Waals surface area contributed by atoms with Crippen LogP contribution in [0, 0.1) is 0 Å².